The zero-order valence-electron chi connectivity index (χ0n) is 9.50. The van der Waals surface area contributed by atoms with Crippen LogP contribution in [0, 0.1) is 16.2 Å². The molecule has 0 aliphatic heterocycles. The predicted molar refractivity (Wildman–Crippen MR) is 57.4 cm³/mol. The number of carboxylic acid groups (broad SMARTS) is 1. The van der Waals surface area contributed by atoms with Gasteiger partial charge in [0.1, 0.15) is 0 Å². The van der Waals surface area contributed by atoms with E-state index in [2.05, 4.69) is 12.0 Å². The molecule has 2 aliphatic rings. The van der Waals surface area contributed by atoms with Crippen LogP contribution in [-0.4, -0.2) is 16.8 Å². The lowest BCUT2D eigenvalue weighted by atomic mass is 9.65. The molecule has 84 valence electrons. The molecule has 0 spiro atoms. The summed E-state index contributed by atoms with van der Waals surface area (Å²) in [5.74, 6) is 4.68. The van der Waals surface area contributed by atoms with Gasteiger partial charge in [-0.2, -0.15) is 5.10 Å². The second-order valence-electron chi connectivity index (χ2n) is 5.60. The maximum absolute atomic E-state index is 11.5. The highest BCUT2D eigenvalue weighted by Crippen LogP contribution is 2.70. The molecule has 0 aromatic heterocycles. The van der Waals surface area contributed by atoms with E-state index in [0.29, 0.717) is 6.42 Å². The molecule has 2 rings (SSSR count). The van der Waals surface area contributed by atoms with Crippen LogP contribution in [0.3, 0.4) is 0 Å². The minimum atomic E-state index is -0.699. The number of nitrogens with two attached hydrogens (primary N) is 1. The van der Waals surface area contributed by atoms with Gasteiger partial charge in [0.15, 0.2) is 0 Å². The van der Waals surface area contributed by atoms with Crippen LogP contribution >= 0.6 is 0 Å². The molecule has 3 N–H and O–H groups in total. The first-order chi connectivity index (χ1) is 6.82. The topological polar surface area (TPSA) is 75.7 Å². The van der Waals surface area contributed by atoms with E-state index in [1.807, 2.05) is 13.8 Å². The van der Waals surface area contributed by atoms with Crippen molar-refractivity contribution < 1.29 is 9.90 Å². The summed E-state index contributed by atoms with van der Waals surface area (Å²) in [6.45, 7) is 6.16. The SMILES string of the molecule is CC1(C)[C@]2(C(=O)O)CC[C@@]1(C)/C(=N\N)C2. The van der Waals surface area contributed by atoms with Crippen molar-refractivity contribution in [1.29, 1.82) is 0 Å². The second kappa shape index (κ2) is 2.54. The molecule has 0 radical (unpaired) electrons. The zero-order valence-corrected chi connectivity index (χ0v) is 9.50. The molecule has 2 fully saturated rings. The van der Waals surface area contributed by atoms with Gasteiger partial charge in [-0.05, 0) is 18.3 Å². The molecule has 15 heavy (non-hydrogen) atoms. The average Bonchev–Trinajstić information content (AvgIpc) is 2.46. The molecule has 2 atom stereocenters. The van der Waals surface area contributed by atoms with Gasteiger partial charge in [-0.3, -0.25) is 4.79 Å². The van der Waals surface area contributed by atoms with E-state index in [-0.39, 0.29) is 10.8 Å². The highest BCUT2D eigenvalue weighted by molar-refractivity contribution is 6.00. The van der Waals surface area contributed by atoms with E-state index in [9.17, 15) is 9.90 Å². The van der Waals surface area contributed by atoms with Crippen molar-refractivity contribution >= 4 is 11.7 Å². The number of hydrazone groups is 1. The molecule has 0 amide bonds. The van der Waals surface area contributed by atoms with Crippen LogP contribution in [0.1, 0.15) is 40.0 Å². The Bertz CT molecular complexity index is 362. The van der Waals surface area contributed by atoms with Crippen LogP contribution in [0.5, 0.6) is 0 Å². The number of fused-ring (bicyclic) bond motifs is 2. The maximum atomic E-state index is 11.5. The van der Waals surface area contributed by atoms with Gasteiger partial charge in [0, 0.05) is 17.5 Å². The first-order valence-electron chi connectivity index (χ1n) is 5.32. The highest BCUT2D eigenvalue weighted by Gasteiger charge is 2.71. The van der Waals surface area contributed by atoms with Crippen LogP contribution in [-0.2, 0) is 4.79 Å². The molecule has 2 aliphatic carbocycles. The van der Waals surface area contributed by atoms with Gasteiger partial charge in [-0.1, -0.05) is 20.8 Å². The summed E-state index contributed by atoms with van der Waals surface area (Å²) in [6, 6.07) is 0. The normalized spacial score (nSPS) is 44.9. The molecule has 4 heteroatoms. The summed E-state index contributed by atoms with van der Waals surface area (Å²) in [5, 5.41) is 13.3. The quantitative estimate of drug-likeness (QED) is 0.510. The van der Waals surface area contributed by atoms with Gasteiger partial charge in [-0.25, -0.2) is 0 Å². The molecule has 4 nitrogen and oxygen atoms in total. The van der Waals surface area contributed by atoms with Gasteiger partial charge in [-0.15, -0.1) is 0 Å². The van der Waals surface area contributed by atoms with Crippen molar-refractivity contribution in [3.05, 3.63) is 0 Å². The molecule has 2 saturated carbocycles. The van der Waals surface area contributed by atoms with Crippen LogP contribution in [0.2, 0.25) is 0 Å². The fraction of sp³-hybridized carbons (Fsp3) is 0.818. The highest BCUT2D eigenvalue weighted by atomic mass is 16.4. The van der Waals surface area contributed by atoms with Gasteiger partial charge >= 0.3 is 5.97 Å². The summed E-state index contributed by atoms with van der Waals surface area (Å²) < 4.78 is 0. The van der Waals surface area contributed by atoms with Crippen LogP contribution in [0.15, 0.2) is 5.10 Å². The summed E-state index contributed by atoms with van der Waals surface area (Å²) >= 11 is 0. The van der Waals surface area contributed by atoms with E-state index in [0.717, 1.165) is 18.6 Å². The number of carboxylic acids is 1. The van der Waals surface area contributed by atoms with Gasteiger partial charge in [0.25, 0.3) is 0 Å². The van der Waals surface area contributed by atoms with Gasteiger partial charge in [0.05, 0.1) is 5.41 Å². The Morgan fingerprint density at radius 3 is 2.33 bits per heavy atom. The van der Waals surface area contributed by atoms with E-state index in [1.165, 1.54) is 0 Å². The number of rotatable bonds is 1. The van der Waals surface area contributed by atoms with Crippen molar-refractivity contribution in [2.24, 2.45) is 27.2 Å². The predicted octanol–water partition coefficient (Wildman–Crippen LogP) is 1.60. The first-order valence-corrected chi connectivity index (χ1v) is 5.32. The first kappa shape index (κ1) is 10.5. The molecule has 0 unspecified atom stereocenters. The Morgan fingerprint density at radius 2 is 2.00 bits per heavy atom. The minimum absolute atomic E-state index is 0.139. The van der Waals surface area contributed by atoms with E-state index in [1.54, 1.807) is 0 Å². The molecular formula is C11H18N2O2. The zero-order chi connectivity index (χ0) is 11.5. The van der Waals surface area contributed by atoms with E-state index >= 15 is 0 Å². The molecule has 0 aromatic rings. The van der Waals surface area contributed by atoms with E-state index < -0.39 is 11.4 Å². The Balaban J connectivity index is 2.61. The van der Waals surface area contributed by atoms with Crippen LogP contribution in [0.4, 0.5) is 0 Å². The lowest BCUT2D eigenvalue weighted by molar-refractivity contribution is -0.154. The number of aliphatic carboxylic acids is 1. The Labute approximate surface area is 89.5 Å². The van der Waals surface area contributed by atoms with Crippen molar-refractivity contribution in [2.45, 2.75) is 40.0 Å². The van der Waals surface area contributed by atoms with E-state index in [4.69, 9.17) is 5.84 Å². The lowest BCUT2D eigenvalue weighted by Crippen LogP contribution is -2.40. The third kappa shape index (κ3) is 0.840. The van der Waals surface area contributed by atoms with Crippen LogP contribution < -0.4 is 5.84 Å². The third-order valence-electron chi connectivity index (χ3n) is 5.30. The molecule has 0 heterocycles. The third-order valence-corrected chi connectivity index (χ3v) is 5.30. The van der Waals surface area contributed by atoms with Gasteiger partial charge < -0.3 is 10.9 Å². The number of hydrogen-bond donors (Lipinski definition) is 2. The molecule has 0 aromatic carbocycles. The number of carbonyl (C=O) groups is 1. The molecule has 2 bridgehead atoms. The Morgan fingerprint density at radius 1 is 1.40 bits per heavy atom. The number of hydrogen-bond acceptors (Lipinski definition) is 3. The fourth-order valence-electron chi connectivity index (χ4n) is 3.55. The smallest absolute Gasteiger partial charge is 0.310 e. The van der Waals surface area contributed by atoms with Gasteiger partial charge in [0.2, 0.25) is 0 Å². The second-order valence-corrected chi connectivity index (χ2v) is 5.60. The Kier molecular flexibility index (Phi) is 1.77. The summed E-state index contributed by atoms with van der Waals surface area (Å²) in [4.78, 5) is 11.5. The standard InChI is InChI=1S/C11H18N2O2/c1-9(2)10(3)4-5-11(9,8(14)15)6-7(10)13-12/h4-6,12H2,1-3H3,(H,14,15)/b13-7-/t10-,11+/m0/s1. The average molecular weight is 210 g/mol. The molecule has 0 saturated heterocycles. The maximum Gasteiger partial charge on any atom is 0.310 e. The van der Waals surface area contributed by atoms with Crippen molar-refractivity contribution in [3.8, 4) is 0 Å². The molecular weight excluding hydrogens is 192 g/mol. The summed E-state index contributed by atoms with van der Waals surface area (Å²) in [6.07, 6.45) is 2.13. The number of nitrogens with zero attached hydrogens (tertiary/aromatic N) is 1. The van der Waals surface area contributed by atoms with Crippen molar-refractivity contribution in [3.63, 3.8) is 0 Å². The minimum Gasteiger partial charge on any atom is -0.481 e. The van der Waals surface area contributed by atoms with Crippen molar-refractivity contribution in [2.75, 3.05) is 0 Å². The van der Waals surface area contributed by atoms with Crippen molar-refractivity contribution in [1.82, 2.24) is 0 Å². The lowest BCUT2D eigenvalue weighted by Gasteiger charge is -2.37. The van der Waals surface area contributed by atoms with Crippen LogP contribution in [0.25, 0.3) is 0 Å². The Hall–Kier alpha value is -1.06. The summed E-state index contributed by atoms with van der Waals surface area (Å²) in [5.41, 5.74) is -0.175. The largest absolute Gasteiger partial charge is 0.481 e. The monoisotopic (exact) mass is 210 g/mol. The summed E-state index contributed by atoms with van der Waals surface area (Å²) in [7, 11) is 0. The fourth-order valence-corrected chi connectivity index (χ4v) is 3.55.